The lowest BCUT2D eigenvalue weighted by Crippen LogP contribution is -2.36. The van der Waals surface area contributed by atoms with Gasteiger partial charge < -0.3 is 19.5 Å². The zero-order valence-corrected chi connectivity index (χ0v) is 22.9. The molecule has 1 fully saturated rings. The zero-order chi connectivity index (χ0) is 27.4. The molecule has 0 amide bonds. The number of methoxy groups -OCH3 is 2. The summed E-state index contributed by atoms with van der Waals surface area (Å²) >= 11 is 0. The number of piperidine rings is 1. The minimum absolute atomic E-state index is 0.0621. The number of fused-ring (bicyclic) bond motifs is 1. The predicted octanol–water partition coefficient (Wildman–Crippen LogP) is 2.45. The fraction of sp³-hybridized carbons (Fsp3) is 0.385. The quantitative estimate of drug-likeness (QED) is 0.251. The van der Waals surface area contributed by atoms with E-state index in [9.17, 15) is 8.42 Å². The SMILES string of the molecule is CCOc1cccc(-c2nc3ncc(C(N[SH](=O)=O)C4CCNCC4)nc3n2-c2c(OC)cccc2OC)n1. The molecule has 3 aromatic heterocycles. The molecular formula is C26H31N7O5S. The van der Waals surface area contributed by atoms with Gasteiger partial charge in [-0.15, -0.1) is 0 Å². The van der Waals surface area contributed by atoms with E-state index in [1.54, 1.807) is 31.0 Å². The minimum Gasteiger partial charge on any atom is -0.494 e. The van der Waals surface area contributed by atoms with E-state index in [1.807, 2.05) is 37.3 Å². The highest BCUT2D eigenvalue weighted by Gasteiger charge is 2.29. The minimum atomic E-state index is -2.86. The van der Waals surface area contributed by atoms with Gasteiger partial charge in [0.05, 0.1) is 38.8 Å². The number of nitrogens with zero attached hydrogens (tertiary/aromatic N) is 5. The molecule has 1 unspecified atom stereocenters. The fourth-order valence-electron chi connectivity index (χ4n) is 4.92. The number of pyridine rings is 1. The van der Waals surface area contributed by atoms with Gasteiger partial charge in [-0.25, -0.2) is 33.1 Å². The molecule has 1 saturated heterocycles. The maximum Gasteiger partial charge on any atom is 0.213 e. The lowest BCUT2D eigenvalue weighted by molar-refractivity contribution is 0.304. The van der Waals surface area contributed by atoms with Crippen LogP contribution in [0.25, 0.3) is 28.5 Å². The smallest absolute Gasteiger partial charge is 0.213 e. The molecule has 0 bridgehead atoms. The van der Waals surface area contributed by atoms with Gasteiger partial charge in [0.25, 0.3) is 0 Å². The van der Waals surface area contributed by atoms with Crippen LogP contribution in [0.1, 0.15) is 31.5 Å². The largest absolute Gasteiger partial charge is 0.494 e. The second-order valence-electron chi connectivity index (χ2n) is 8.97. The van der Waals surface area contributed by atoms with E-state index in [0.29, 0.717) is 58.2 Å². The van der Waals surface area contributed by atoms with Gasteiger partial charge in [0.1, 0.15) is 22.9 Å². The third-order valence-corrected chi connectivity index (χ3v) is 7.17. The van der Waals surface area contributed by atoms with Crippen molar-refractivity contribution < 1.29 is 22.6 Å². The second-order valence-corrected chi connectivity index (χ2v) is 9.74. The average Bonchev–Trinajstić information content (AvgIpc) is 3.34. The Labute approximate surface area is 227 Å². The molecule has 206 valence electrons. The number of thiol groups is 1. The van der Waals surface area contributed by atoms with Gasteiger partial charge in [-0.1, -0.05) is 12.1 Å². The van der Waals surface area contributed by atoms with Gasteiger partial charge in [0.15, 0.2) is 17.1 Å². The molecule has 12 nitrogen and oxygen atoms in total. The number of ether oxygens (including phenoxy) is 3. The molecule has 5 rings (SSSR count). The summed E-state index contributed by atoms with van der Waals surface area (Å²) in [5.74, 6) is 2.02. The highest BCUT2D eigenvalue weighted by atomic mass is 32.2. The molecule has 1 aliphatic rings. The molecule has 1 aliphatic heterocycles. The van der Waals surface area contributed by atoms with Crippen molar-refractivity contribution in [3.05, 3.63) is 48.3 Å². The number of nitrogens with one attached hydrogen (secondary N) is 2. The van der Waals surface area contributed by atoms with Crippen molar-refractivity contribution in [3.8, 4) is 34.6 Å². The van der Waals surface area contributed by atoms with Crippen LogP contribution in [0.15, 0.2) is 42.6 Å². The van der Waals surface area contributed by atoms with Crippen LogP contribution in [0.3, 0.4) is 0 Å². The van der Waals surface area contributed by atoms with Crippen LogP contribution in [-0.2, 0) is 10.9 Å². The maximum absolute atomic E-state index is 11.8. The number of hydrogen-bond acceptors (Lipinski definition) is 10. The third-order valence-electron chi connectivity index (χ3n) is 6.68. The van der Waals surface area contributed by atoms with Gasteiger partial charge in [-0.2, -0.15) is 0 Å². The molecule has 13 heteroatoms. The van der Waals surface area contributed by atoms with Crippen LogP contribution in [-0.4, -0.2) is 66.8 Å². The Balaban J connectivity index is 1.77. The molecule has 4 aromatic rings. The summed E-state index contributed by atoms with van der Waals surface area (Å²) in [6.07, 6.45) is 3.20. The van der Waals surface area contributed by atoms with Crippen molar-refractivity contribution in [2.75, 3.05) is 33.9 Å². The molecule has 0 radical (unpaired) electrons. The highest BCUT2D eigenvalue weighted by Crippen LogP contribution is 2.38. The van der Waals surface area contributed by atoms with Gasteiger partial charge in [-0.05, 0) is 57.0 Å². The molecule has 0 spiro atoms. The lowest BCUT2D eigenvalue weighted by Gasteiger charge is -2.29. The molecule has 0 aliphatic carbocycles. The Bertz CT molecular complexity index is 1500. The summed E-state index contributed by atoms with van der Waals surface area (Å²) in [4.78, 5) is 19.0. The van der Waals surface area contributed by atoms with Crippen molar-refractivity contribution in [2.24, 2.45) is 5.92 Å². The standard InChI is InChI=1S/C26H31N7O5S/c1-4-38-21-10-5-7-17(29-21)25-31-24-26(33(25)23-19(36-2)8-6-9-20(23)37-3)30-18(15-28-24)22(32-39(34)35)16-11-13-27-14-12-16/h5-10,15-16,22,27,39H,4,11-14H2,1-3H3,(H,32,34,35). The van der Waals surface area contributed by atoms with E-state index in [-0.39, 0.29) is 5.92 Å². The first-order valence-electron chi connectivity index (χ1n) is 12.7. The Kier molecular flexibility index (Phi) is 8.19. The maximum atomic E-state index is 11.8. The van der Waals surface area contributed by atoms with Crippen LogP contribution >= 0.6 is 0 Å². The van der Waals surface area contributed by atoms with Crippen molar-refractivity contribution in [1.82, 2.24) is 34.5 Å². The number of benzene rings is 1. The van der Waals surface area contributed by atoms with Gasteiger partial charge in [0.2, 0.25) is 16.8 Å². The van der Waals surface area contributed by atoms with Crippen LogP contribution < -0.4 is 24.2 Å². The Morgan fingerprint density at radius 1 is 1.05 bits per heavy atom. The number of rotatable bonds is 10. The molecule has 0 saturated carbocycles. The van der Waals surface area contributed by atoms with Crippen molar-refractivity contribution in [2.45, 2.75) is 25.8 Å². The second kappa shape index (κ2) is 11.9. The van der Waals surface area contributed by atoms with E-state index < -0.39 is 16.9 Å². The van der Waals surface area contributed by atoms with Crippen LogP contribution in [0.2, 0.25) is 0 Å². The lowest BCUT2D eigenvalue weighted by atomic mass is 9.89. The summed E-state index contributed by atoms with van der Waals surface area (Å²) in [6.45, 7) is 3.96. The van der Waals surface area contributed by atoms with E-state index in [2.05, 4.69) is 20.0 Å². The number of para-hydroxylation sites is 1. The first-order chi connectivity index (χ1) is 19.0. The van der Waals surface area contributed by atoms with E-state index in [0.717, 1.165) is 25.9 Å². The fourth-order valence-corrected chi connectivity index (χ4v) is 5.49. The van der Waals surface area contributed by atoms with Crippen molar-refractivity contribution >= 4 is 22.2 Å². The summed E-state index contributed by atoms with van der Waals surface area (Å²) in [6, 6.07) is 10.4. The predicted molar refractivity (Wildman–Crippen MR) is 146 cm³/mol. The molecule has 4 heterocycles. The first-order valence-corrected chi connectivity index (χ1v) is 13.9. The molecule has 39 heavy (non-hydrogen) atoms. The number of imidazole rings is 1. The summed E-state index contributed by atoms with van der Waals surface area (Å²) in [5, 5.41) is 3.32. The van der Waals surface area contributed by atoms with E-state index in [1.165, 1.54) is 0 Å². The Hall–Kier alpha value is -3.81. The van der Waals surface area contributed by atoms with Gasteiger partial charge in [-0.3, -0.25) is 4.57 Å². The molecule has 2 N–H and O–H groups in total. The van der Waals surface area contributed by atoms with Crippen LogP contribution in [0.5, 0.6) is 17.4 Å². The summed E-state index contributed by atoms with van der Waals surface area (Å²) < 4.78 is 45.2. The van der Waals surface area contributed by atoms with Gasteiger partial charge in [0, 0.05) is 6.07 Å². The summed E-state index contributed by atoms with van der Waals surface area (Å²) in [7, 11) is 0.285. The van der Waals surface area contributed by atoms with Gasteiger partial charge >= 0.3 is 0 Å². The first kappa shape index (κ1) is 26.8. The Morgan fingerprint density at radius 3 is 2.44 bits per heavy atom. The van der Waals surface area contributed by atoms with E-state index in [4.69, 9.17) is 24.2 Å². The highest BCUT2D eigenvalue weighted by molar-refractivity contribution is 7.70. The average molecular weight is 554 g/mol. The zero-order valence-electron chi connectivity index (χ0n) is 22.0. The topological polar surface area (TPSA) is 142 Å². The molecule has 1 aromatic carbocycles. The van der Waals surface area contributed by atoms with Crippen molar-refractivity contribution in [1.29, 1.82) is 0 Å². The molecule has 1 atom stereocenters. The monoisotopic (exact) mass is 553 g/mol. The third kappa shape index (κ3) is 5.51. The normalized spacial score (nSPS) is 15.0. The molecular weight excluding hydrogens is 522 g/mol. The number of aromatic nitrogens is 5. The van der Waals surface area contributed by atoms with Crippen LogP contribution in [0.4, 0.5) is 0 Å². The van der Waals surface area contributed by atoms with Crippen LogP contribution in [0, 0.1) is 5.92 Å². The number of hydrogen-bond donors (Lipinski definition) is 3. The van der Waals surface area contributed by atoms with E-state index >= 15 is 0 Å². The Morgan fingerprint density at radius 2 is 1.77 bits per heavy atom. The summed E-state index contributed by atoms with van der Waals surface area (Å²) in [5.41, 5.74) is 2.38. The van der Waals surface area contributed by atoms with Crippen molar-refractivity contribution in [3.63, 3.8) is 0 Å².